The van der Waals surface area contributed by atoms with E-state index in [0.29, 0.717) is 41.4 Å². The van der Waals surface area contributed by atoms with Crippen LogP contribution in [0.25, 0.3) is 22.3 Å². The molecule has 2 heterocycles. The van der Waals surface area contributed by atoms with Crippen molar-refractivity contribution in [2.45, 2.75) is 6.54 Å². The van der Waals surface area contributed by atoms with E-state index >= 15 is 0 Å². The maximum atomic E-state index is 11.7. The molecule has 9 heteroatoms. The number of rotatable bonds is 7. The average molecular weight is 526 g/mol. The highest BCUT2D eigenvalue weighted by Crippen LogP contribution is 2.31. The summed E-state index contributed by atoms with van der Waals surface area (Å²) in [6.45, 7) is 0.854. The lowest BCUT2D eigenvalue weighted by atomic mass is 10.1. The molecular formula is C22H19IN6O2. The number of nitrogen functional groups attached to an aromatic ring is 1. The first-order chi connectivity index (χ1) is 15.2. The topological polar surface area (TPSA) is 108 Å². The zero-order valence-electron chi connectivity index (χ0n) is 16.4. The molecule has 0 saturated carbocycles. The van der Waals surface area contributed by atoms with Crippen LogP contribution in [0.3, 0.4) is 0 Å². The van der Waals surface area contributed by atoms with Gasteiger partial charge in [-0.25, -0.2) is 14.6 Å². The normalized spacial score (nSPS) is 11.1. The van der Waals surface area contributed by atoms with Gasteiger partial charge in [0.2, 0.25) is 5.91 Å². The van der Waals surface area contributed by atoms with E-state index < -0.39 is 0 Å². The molecule has 1 amide bonds. The monoisotopic (exact) mass is 526 g/mol. The highest BCUT2D eigenvalue weighted by Gasteiger charge is 2.17. The zero-order chi connectivity index (χ0) is 21.6. The molecule has 0 unspecified atom stereocenters. The number of nitrogens with two attached hydrogens (primary N) is 1. The molecule has 4 rings (SSSR count). The van der Waals surface area contributed by atoms with Crippen LogP contribution in [0.1, 0.15) is 0 Å². The van der Waals surface area contributed by atoms with Crippen LogP contribution in [0, 0.1) is 0 Å². The Morgan fingerprint density at radius 1 is 1.10 bits per heavy atom. The van der Waals surface area contributed by atoms with E-state index in [1.807, 2.05) is 77.2 Å². The number of halogens is 1. The lowest BCUT2D eigenvalue weighted by Crippen LogP contribution is -2.25. The largest absolute Gasteiger partial charge is 0.457 e. The summed E-state index contributed by atoms with van der Waals surface area (Å²) in [5, 5.41) is 8.19. The highest BCUT2D eigenvalue weighted by atomic mass is 127. The molecule has 0 aliphatic heterocycles. The number of fused-ring (bicyclic) bond motifs is 1. The molecular weight excluding hydrogens is 507 g/mol. The number of hydrogen-bond acceptors (Lipinski definition) is 6. The number of carbonyl (C=O) groups is 1. The van der Waals surface area contributed by atoms with Gasteiger partial charge in [0, 0.05) is 18.2 Å². The number of benzene rings is 2. The number of aromatic nitrogens is 4. The van der Waals surface area contributed by atoms with E-state index in [9.17, 15) is 4.79 Å². The standard InChI is InChI=1S/C22H19IN6O2/c23-11-10-18(30)25-12-13-29-22-19(21(24)26-14-27-22)20(28-29)15-6-8-17(9-7-15)31-16-4-2-1-3-5-16/h1-11,14H,12-13H2,(H,25,30)(H2,24,26,27)/b11-10+. The van der Waals surface area contributed by atoms with Gasteiger partial charge in [-0.3, -0.25) is 4.79 Å². The fraction of sp³-hybridized carbons (Fsp3) is 0.0909. The minimum atomic E-state index is -0.158. The number of ether oxygens (including phenoxy) is 1. The van der Waals surface area contributed by atoms with Crippen LogP contribution in [0.4, 0.5) is 5.82 Å². The van der Waals surface area contributed by atoms with Crippen LogP contribution in [0.2, 0.25) is 0 Å². The molecule has 8 nitrogen and oxygen atoms in total. The van der Waals surface area contributed by atoms with E-state index in [0.717, 1.165) is 11.3 Å². The summed E-state index contributed by atoms with van der Waals surface area (Å²) in [5.74, 6) is 1.68. The Hall–Kier alpha value is -3.47. The van der Waals surface area contributed by atoms with Gasteiger partial charge in [0.1, 0.15) is 29.3 Å². The molecule has 0 fully saturated rings. The Morgan fingerprint density at radius 3 is 2.58 bits per heavy atom. The van der Waals surface area contributed by atoms with Gasteiger partial charge in [0.15, 0.2) is 5.65 Å². The maximum absolute atomic E-state index is 11.7. The summed E-state index contributed by atoms with van der Waals surface area (Å²) in [5.41, 5.74) is 8.31. The van der Waals surface area contributed by atoms with Crippen LogP contribution in [-0.2, 0) is 11.3 Å². The quantitative estimate of drug-likeness (QED) is 0.279. The SMILES string of the molecule is Nc1ncnc2c1c(-c1ccc(Oc3ccccc3)cc1)nn2CCNC(=O)/C=C/I. The second-order valence-corrected chi connectivity index (χ2v) is 7.27. The summed E-state index contributed by atoms with van der Waals surface area (Å²) < 4.78 is 9.25. The van der Waals surface area contributed by atoms with Crippen molar-refractivity contribution in [3.63, 3.8) is 0 Å². The Balaban J connectivity index is 1.60. The molecule has 0 atom stereocenters. The first-order valence-electron chi connectivity index (χ1n) is 9.50. The van der Waals surface area contributed by atoms with E-state index in [4.69, 9.17) is 15.6 Å². The van der Waals surface area contributed by atoms with Crippen molar-refractivity contribution in [3.05, 3.63) is 71.1 Å². The fourth-order valence-corrected chi connectivity index (χ4v) is 3.42. The number of carbonyl (C=O) groups excluding carboxylic acids is 1. The molecule has 31 heavy (non-hydrogen) atoms. The van der Waals surface area contributed by atoms with Gasteiger partial charge in [-0.2, -0.15) is 5.10 Å². The number of anilines is 1. The predicted molar refractivity (Wildman–Crippen MR) is 128 cm³/mol. The van der Waals surface area contributed by atoms with Gasteiger partial charge in [0.25, 0.3) is 0 Å². The van der Waals surface area contributed by atoms with E-state index in [-0.39, 0.29) is 5.91 Å². The Bertz CT molecular complexity index is 1220. The number of para-hydroxylation sites is 1. The smallest absolute Gasteiger partial charge is 0.244 e. The van der Waals surface area contributed by atoms with Gasteiger partial charge < -0.3 is 15.8 Å². The summed E-state index contributed by atoms with van der Waals surface area (Å²) in [4.78, 5) is 20.1. The molecule has 0 aliphatic rings. The number of nitrogens with one attached hydrogen (secondary N) is 1. The van der Waals surface area contributed by atoms with Crippen LogP contribution in [-0.4, -0.2) is 32.2 Å². The molecule has 3 N–H and O–H groups in total. The molecule has 0 aliphatic carbocycles. The lowest BCUT2D eigenvalue weighted by molar-refractivity contribution is -0.116. The van der Waals surface area contributed by atoms with Crippen LogP contribution in [0.15, 0.2) is 71.1 Å². The van der Waals surface area contributed by atoms with Crippen molar-refractivity contribution in [1.82, 2.24) is 25.1 Å². The van der Waals surface area contributed by atoms with Crippen LogP contribution >= 0.6 is 22.6 Å². The second-order valence-electron chi connectivity index (χ2n) is 6.55. The van der Waals surface area contributed by atoms with Gasteiger partial charge in [0.05, 0.1) is 11.9 Å². The zero-order valence-corrected chi connectivity index (χ0v) is 18.6. The third-order valence-corrected chi connectivity index (χ3v) is 4.86. The maximum Gasteiger partial charge on any atom is 0.244 e. The minimum absolute atomic E-state index is 0.158. The average Bonchev–Trinajstić information content (AvgIpc) is 3.15. The van der Waals surface area contributed by atoms with Gasteiger partial charge in [-0.05, 0) is 40.5 Å². The summed E-state index contributed by atoms with van der Waals surface area (Å²) >= 11 is 2.00. The third-order valence-electron chi connectivity index (χ3n) is 4.50. The van der Waals surface area contributed by atoms with Crippen LogP contribution in [0.5, 0.6) is 11.5 Å². The molecule has 2 aromatic heterocycles. The van der Waals surface area contributed by atoms with Crippen molar-refractivity contribution in [2.24, 2.45) is 0 Å². The number of hydrogen-bond donors (Lipinski definition) is 2. The van der Waals surface area contributed by atoms with Crippen molar-refractivity contribution < 1.29 is 9.53 Å². The molecule has 156 valence electrons. The summed E-state index contributed by atoms with van der Waals surface area (Å²) in [6, 6.07) is 17.2. The van der Waals surface area contributed by atoms with Crippen molar-refractivity contribution in [1.29, 1.82) is 0 Å². The Kier molecular flexibility index (Phi) is 6.41. The third kappa shape index (κ3) is 4.82. The van der Waals surface area contributed by atoms with Crippen molar-refractivity contribution in [2.75, 3.05) is 12.3 Å². The number of amides is 1. The molecule has 4 aromatic rings. The lowest BCUT2D eigenvalue weighted by Gasteiger charge is -2.06. The van der Waals surface area contributed by atoms with E-state index in [1.165, 1.54) is 12.4 Å². The van der Waals surface area contributed by atoms with E-state index in [1.54, 1.807) is 8.76 Å². The second kappa shape index (κ2) is 9.56. The van der Waals surface area contributed by atoms with Crippen molar-refractivity contribution in [3.8, 4) is 22.8 Å². The van der Waals surface area contributed by atoms with Crippen LogP contribution < -0.4 is 15.8 Å². The van der Waals surface area contributed by atoms with Gasteiger partial charge in [-0.15, -0.1) is 0 Å². The summed E-state index contributed by atoms with van der Waals surface area (Å²) in [6.07, 6.45) is 2.88. The molecule has 2 aromatic carbocycles. The molecule has 0 radical (unpaired) electrons. The number of nitrogens with zero attached hydrogens (tertiary/aromatic N) is 4. The highest BCUT2D eigenvalue weighted by molar-refractivity contribution is 14.1. The van der Waals surface area contributed by atoms with Crippen molar-refractivity contribution >= 4 is 45.3 Å². The Morgan fingerprint density at radius 2 is 1.84 bits per heavy atom. The predicted octanol–water partition coefficient (Wildman–Crippen LogP) is 3.93. The molecule has 0 saturated heterocycles. The fourth-order valence-electron chi connectivity index (χ4n) is 3.09. The minimum Gasteiger partial charge on any atom is -0.457 e. The first kappa shape index (κ1) is 20.8. The van der Waals surface area contributed by atoms with Gasteiger partial charge in [-0.1, -0.05) is 40.8 Å². The molecule has 0 bridgehead atoms. The van der Waals surface area contributed by atoms with E-state index in [2.05, 4.69) is 15.3 Å². The first-order valence-corrected chi connectivity index (χ1v) is 10.7. The summed E-state index contributed by atoms with van der Waals surface area (Å²) in [7, 11) is 0. The molecule has 0 spiro atoms. The Labute approximate surface area is 192 Å². The van der Waals surface area contributed by atoms with Gasteiger partial charge >= 0.3 is 0 Å².